The maximum Gasteiger partial charge on any atom is 0.254 e. The van der Waals surface area contributed by atoms with Crippen molar-refractivity contribution < 1.29 is 18.7 Å². The molecule has 1 atom stereocenters. The number of aromatic nitrogens is 2. The molecule has 5 rings (SSSR count). The van der Waals surface area contributed by atoms with E-state index in [0.29, 0.717) is 35.9 Å². The molecular weight excluding hydrogens is 457 g/mol. The summed E-state index contributed by atoms with van der Waals surface area (Å²) < 4.78 is 28.1. The van der Waals surface area contributed by atoms with Crippen LogP contribution in [0.4, 0.5) is 4.39 Å². The molecule has 1 saturated heterocycles. The van der Waals surface area contributed by atoms with E-state index >= 15 is 0 Å². The van der Waals surface area contributed by atoms with Crippen LogP contribution >= 0.6 is 0 Å². The highest BCUT2D eigenvalue weighted by Gasteiger charge is 2.28. The summed E-state index contributed by atoms with van der Waals surface area (Å²) in [4.78, 5) is 15.4. The number of carbonyl (C=O) groups excluding carboxylic acids is 1. The molecule has 6 nitrogen and oxygen atoms in total. The standard InChI is InChI=1S/C29H28FN3O3/c1-32-29(36-26-17-9-8-16-25(26)30)24(27(31-32)21-11-4-2-5-12-21)20-33(19-23-15-10-18-35-23)28(34)22-13-6-3-7-14-22/h2-9,11-14,16-17,23H,10,15,18-20H2,1H3/t23-/m1/s1. The molecule has 1 aromatic heterocycles. The molecule has 7 heteroatoms. The lowest BCUT2D eigenvalue weighted by atomic mass is 10.1. The molecule has 1 fully saturated rings. The second-order valence-corrected chi connectivity index (χ2v) is 8.84. The van der Waals surface area contributed by atoms with E-state index in [-0.39, 0.29) is 24.3 Å². The fraction of sp³-hybridized carbons (Fsp3) is 0.241. The van der Waals surface area contributed by atoms with Gasteiger partial charge in [0.1, 0.15) is 5.69 Å². The minimum absolute atomic E-state index is 0.0366. The lowest BCUT2D eigenvalue weighted by Gasteiger charge is -2.26. The van der Waals surface area contributed by atoms with Gasteiger partial charge in [0, 0.05) is 31.3 Å². The predicted octanol–water partition coefficient (Wildman–Crippen LogP) is 5.84. The van der Waals surface area contributed by atoms with Crippen molar-refractivity contribution in [1.82, 2.24) is 14.7 Å². The van der Waals surface area contributed by atoms with E-state index in [4.69, 9.17) is 14.6 Å². The van der Waals surface area contributed by atoms with Gasteiger partial charge in [-0.1, -0.05) is 60.7 Å². The van der Waals surface area contributed by atoms with Crippen LogP contribution in [0, 0.1) is 5.82 Å². The highest BCUT2D eigenvalue weighted by molar-refractivity contribution is 5.94. The zero-order chi connectivity index (χ0) is 24.9. The molecule has 3 aromatic carbocycles. The van der Waals surface area contributed by atoms with E-state index < -0.39 is 5.82 Å². The Morgan fingerprint density at radius 2 is 1.75 bits per heavy atom. The molecule has 0 spiro atoms. The molecule has 184 valence electrons. The van der Waals surface area contributed by atoms with Crippen molar-refractivity contribution in [2.24, 2.45) is 7.05 Å². The second kappa shape index (κ2) is 10.7. The van der Waals surface area contributed by atoms with E-state index in [9.17, 15) is 9.18 Å². The Morgan fingerprint density at radius 3 is 2.44 bits per heavy atom. The van der Waals surface area contributed by atoms with Crippen LogP contribution in [0.5, 0.6) is 11.6 Å². The summed E-state index contributed by atoms with van der Waals surface area (Å²) >= 11 is 0. The number of carbonyl (C=O) groups is 1. The minimum atomic E-state index is -0.470. The third-order valence-corrected chi connectivity index (χ3v) is 6.28. The Hall–Kier alpha value is -3.97. The molecule has 0 aliphatic carbocycles. The molecule has 0 saturated carbocycles. The molecule has 1 aliphatic heterocycles. The zero-order valence-electron chi connectivity index (χ0n) is 20.1. The summed E-state index contributed by atoms with van der Waals surface area (Å²) in [5.74, 6) is -0.0909. The van der Waals surface area contributed by atoms with Crippen molar-refractivity contribution in [2.75, 3.05) is 13.2 Å². The first kappa shape index (κ1) is 23.8. The third-order valence-electron chi connectivity index (χ3n) is 6.28. The number of para-hydroxylation sites is 1. The SMILES string of the molecule is Cn1nc(-c2ccccc2)c(CN(C[C@H]2CCCO2)C(=O)c2ccccc2)c1Oc1ccccc1F. The highest BCUT2D eigenvalue weighted by Crippen LogP contribution is 2.35. The van der Waals surface area contributed by atoms with Gasteiger partial charge in [0.25, 0.3) is 5.91 Å². The Kier molecular flexibility index (Phi) is 7.09. The van der Waals surface area contributed by atoms with Crippen LogP contribution < -0.4 is 4.74 Å². The third kappa shape index (κ3) is 5.16. The van der Waals surface area contributed by atoms with Crippen LogP contribution in [0.2, 0.25) is 0 Å². The summed E-state index contributed by atoms with van der Waals surface area (Å²) in [7, 11) is 1.76. The average molecular weight is 486 g/mol. The first-order valence-electron chi connectivity index (χ1n) is 12.1. The number of nitrogens with zero attached hydrogens (tertiary/aromatic N) is 3. The van der Waals surface area contributed by atoms with Gasteiger partial charge in [-0.05, 0) is 37.1 Å². The molecule has 0 bridgehead atoms. The van der Waals surface area contributed by atoms with Crippen molar-refractivity contribution in [2.45, 2.75) is 25.5 Å². The molecule has 2 heterocycles. The van der Waals surface area contributed by atoms with E-state index in [1.807, 2.05) is 60.7 Å². The Labute approximate surface area is 209 Å². The van der Waals surface area contributed by atoms with Crippen molar-refractivity contribution in [3.63, 3.8) is 0 Å². The van der Waals surface area contributed by atoms with Crippen molar-refractivity contribution in [3.05, 3.63) is 102 Å². The van der Waals surface area contributed by atoms with E-state index in [0.717, 1.165) is 18.4 Å². The fourth-order valence-electron chi connectivity index (χ4n) is 4.49. The molecule has 1 amide bonds. The van der Waals surface area contributed by atoms with Gasteiger partial charge in [0.2, 0.25) is 5.88 Å². The average Bonchev–Trinajstić information content (AvgIpc) is 3.54. The molecule has 0 radical (unpaired) electrons. The summed E-state index contributed by atoms with van der Waals surface area (Å²) in [6.45, 7) is 1.37. The van der Waals surface area contributed by atoms with Crippen molar-refractivity contribution in [1.29, 1.82) is 0 Å². The topological polar surface area (TPSA) is 56.6 Å². The number of halogens is 1. The predicted molar refractivity (Wildman–Crippen MR) is 135 cm³/mol. The fourth-order valence-corrected chi connectivity index (χ4v) is 4.49. The Balaban J connectivity index is 1.57. The molecule has 36 heavy (non-hydrogen) atoms. The van der Waals surface area contributed by atoms with Gasteiger partial charge in [0.05, 0.1) is 18.2 Å². The van der Waals surface area contributed by atoms with Gasteiger partial charge in [-0.25, -0.2) is 9.07 Å². The van der Waals surface area contributed by atoms with Gasteiger partial charge >= 0.3 is 0 Å². The molecule has 0 N–H and O–H groups in total. The van der Waals surface area contributed by atoms with E-state index in [2.05, 4.69) is 0 Å². The van der Waals surface area contributed by atoms with Crippen LogP contribution in [0.1, 0.15) is 28.8 Å². The number of hydrogen-bond acceptors (Lipinski definition) is 4. The largest absolute Gasteiger partial charge is 0.436 e. The quantitative estimate of drug-likeness (QED) is 0.315. The summed E-state index contributed by atoms with van der Waals surface area (Å²) in [6.07, 6.45) is 1.84. The first-order valence-corrected chi connectivity index (χ1v) is 12.1. The highest BCUT2D eigenvalue weighted by atomic mass is 19.1. The zero-order valence-corrected chi connectivity index (χ0v) is 20.1. The van der Waals surface area contributed by atoms with Gasteiger partial charge in [-0.15, -0.1) is 0 Å². The maximum absolute atomic E-state index is 14.5. The summed E-state index contributed by atoms with van der Waals surface area (Å²) in [6, 6.07) is 25.2. The van der Waals surface area contributed by atoms with Crippen LogP contribution in [0.15, 0.2) is 84.9 Å². The monoisotopic (exact) mass is 485 g/mol. The number of benzene rings is 3. The molecular formula is C29H28FN3O3. The van der Waals surface area contributed by atoms with Gasteiger partial charge in [-0.3, -0.25) is 4.79 Å². The lowest BCUT2D eigenvalue weighted by molar-refractivity contribution is 0.0506. The van der Waals surface area contributed by atoms with Crippen LogP contribution in [0.3, 0.4) is 0 Å². The molecule has 4 aromatic rings. The minimum Gasteiger partial charge on any atom is -0.436 e. The first-order chi connectivity index (χ1) is 17.6. The second-order valence-electron chi connectivity index (χ2n) is 8.84. The van der Waals surface area contributed by atoms with Gasteiger partial charge < -0.3 is 14.4 Å². The van der Waals surface area contributed by atoms with Crippen molar-refractivity contribution >= 4 is 5.91 Å². The van der Waals surface area contributed by atoms with Crippen LogP contribution in [0.25, 0.3) is 11.3 Å². The Bertz CT molecular complexity index is 1320. The van der Waals surface area contributed by atoms with Gasteiger partial charge in [0.15, 0.2) is 11.6 Å². The summed E-state index contributed by atoms with van der Waals surface area (Å²) in [5, 5.41) is 4.72. The lowest BCUT2D eigenvalue weighted by Crippen LogP contribution is -2.37. The van der Waals surface area contributed by atoms with E-state index in [1.165, 1.54) is 6.07 Å². The number of hydrogen-bond donors (Lipinski definition) is 0. The number of ether oxygens (including phenoxy) is 2. The number of amides is 1. The maximum atomic E-state index is 14.5. The van der Waals surface area contributed by atoms with Crippen LogP contribution in [-0.4, -0.2) is 39.8 Å². The molecule has 1 aliphatic rings. The normalized spacial score (nSPS) is 15.1. The number of rotatable bonds is 8. The Morgan fingerprint density at radius 1 is 1.06 bits per heavy atom. The van der Waals surface area contributed by atoms with E-state index in [1.54, 1.807) is 34.8 Å². The number of aryl methyl sites for hydroxylation is 1. The van der Waals surface area contributed by atoms with Gasteiger partial charge in [-0.2, -0.15) is 5.10 Å². The van der Waals surface area contributed by atoms with Crippen molar-refractivity contribution in [3.8, 4) is 22.9 Å². The smallest absolute Gasteiger partial charge is 0.254 e. The molecule has 0 unspecified atom stereocenters. The van der Waals surface area contributed by atoms with Crippen LogP contribution in [-0.2, 0) is 18.3 Å². The summed E-state index contributed by atoms with van der Waals surface area (Å²) in [5.41, 5.74) is 2.87.